The van der Waals surface area contributed by atoms with Gasteiger partial charge in [-0.15, -0.1) is 0 Å². The van der Waals surface area contributed by atoms with Crippen molar-refractivity contribution >= 4 is 17.6 Å². The predicted octanol–water partition coefficient (Wildman–Crippen LogP) is 3.69. The highest BCUT2D eigenvalue weighted by Gasteiger charge is 2.27. The number of ether oxygens (including phenoxy) is 1. The smallest absolute Gasteiger partial charge is 0.308 e. The Bertz CT molecular complexity index is 495. The Labute approximate surface area is 129 Å². The SMILES string of the molecule is CCOC(=O)C1CCCC(NCc2ccc(F)c(Cl)c2)C1. The van der Waals surface area contributed by atoms with Crippen LogP contribution in [0.1, 0.15) is 38.2 Å². The average molecular weight is 314 g/mol. The molecule has 116 valence electrons. The number of nitrogens with one attached hydrogen (secondary N) is 1. The van der Waals surface area contributed by atoms with E-state index in [1.165, 1.54) is 6.07 Å². The average Bonchev–Trinajstić information content (AvgIpc) is 2.49. The van der Waals surface area contributed by atoms with Crippen molar-refractivity contribution in [3.63, 3.8) is 0 Å². The number of carbonyl (C=O) groups excluding carboxylic acids is 1. The van der Waals surface area contributed by atoms with Crippen molar-refractivity contribution in [1.29, 1.82) is 0 Å². The number of hydrogen-bond donors (Lipinski definition) is 1. The third-order valence-electron chi connectivity index (χ3n) is 3.87. The molecule has 5 heteroatoms. The third-order valence-corrected chi connectivity index (χ3v) is 4.16. The highest BCUT2D eigenvalue weighted by atomic mass is 35.5. The summed E-state index contributed by atoms with van der Waals surface area (Å²) in [5, 5.41) is 3.56. The van der Waals surface area contributed by atoms with Gasteiger partial charge in [0.25, 0.3) is 0 Å². The first kappa shape index (κ1) is 16.2. The van der Waals surface area contributed by atoms with Crippen molar-refractivity contribution in [3.05, 3.63) is 34.6 Å². The van der Waals surface area contributed by atoms with Crippen LogP contribution in [0.4, 0.5) is 4.39 Å². The van der Waals surface area contributed by atoms with Crippen LogP contribution in [0, 0.1) is 11.7 Å². The van der Waals surface area contributed by atoms with Crippen LogP contribution in [0.15, 0.2) is 18.2 Å². The normalized spacial score (nSPS) is 22.0. The summed E-state index contributed by atoms with van der Waals surface area (Å²) in [4.78, 5) is 11.8. The van der Waals surface area contributed by atoms with Gasteiger partial charge >= 0.3 is 5.97 Å². The maximum atomic E-state index is 13.1. The van der Waals surface area contributed by atoms with Gasteiger partial charge in [-0.1, -0.05) is 24.1 Å². The Kier molecular flexibility index (Phi) is 6.00. The molecule has 3 nitrogen and oxygen atoms in total. The summed E-state index contributed by atoms with van der Waals surface area (Å²) in [6.45, 7) is 2.89. The van der Waals surface area contributed by atoms with Crippen LogP contribution >= 0.6 is 11.6 Å². The maximum Gasteiger partial charge on any atom is 0.308 e. The molecule has 0 bridgehead atoms. The topological polar surface area (TPSA) is 38.3 Å². The molecule has 1 saturated carbocycles. The molecule has 1 aromatic rings. The van der Waals surface area contributed by atoms with E-state index in [0.717, 1.165) is 31.2 Å². The summed E-state index contributed by atoms with van der Waals surface area (Å²) < 4.78 is 18.2. The molecule has 0 aromatic heterocycles. The molecular formula is C16H21ClFNO2. The zero-order valence-corrected chi connectivity index (χ0v) is 13.0. The summed E-state index contributed by atoms with van der Waals surface area (Å²) in [5.74, 6) is -0.498. The molecule has 1 aliphatic carbocycles. The Hall–Kier alpha value is -1.13. The molecule has 21 heavy (non-hydrogen) atoms. The first-order chi connectivity index (χ1) is 10.1. The monoisotopic (exact) mass is 313 g/mol. The Morgan fingerprint density at radius 2 is 2.29 bits per heavy atom. The molecule has 2 unspecified atom stereocenters. The number of rotatable bonds is 5. The Balaban J connectivity index is 1.85. The lowest BCUT2D eigenvalue weighted by Gasteiger charge is -2.28. The van der Waals surface area contributed by atoms with Gasteiger partial charge in [-0.2, -0.15) is 0 Å². The molecule has 1 N–H and O–H groups in total. The summed E-state index contributed by atoms with van der Waals surface area (Å²) in [6, 6.07) is 5.02. The van der Waals surface area contributed by atoms with Gasteiger partial charge < -0.3 is 10.1 Å². The van der Waals surface area contributed by atoms with Crippen LogP contribution in [-0.4, -0.2) is 18.6 Å². The lowest BCUT2D eigenvalue weighted by atomic mass is 9.85. The molecule has 0 spiro atoms. The van der Waals surface area contributed by atoms with E-state index in [1.807, 2.05) is 6.92 Å². The minimum absolute atomic E-state index is 0.00648. The number of hydrogen-bond acceptors (Lipinski definition) is 3. The van der Waals surface area contributed by atoms with Crippen LogP contribution in [0.25, 0.3) is 0 Å². The molecule has 0 heterocycles. The van der Waals surface area contributed by atoms with Crippen molar-refractivity contribution in [1.82, 2.24) is 5.32 Å². The molecule has 0 aliphatic heterocycles. The maximum absolute atomic E-state index is 13.1. The van der Waals surface area contributed by atoms with E-state index in [2.05, 4.69) is 5.32 Å². The van der Waals surface area contributed by atoms with Crippen LogP contribution in [0.2, 0.25) is 5.02 Å². The van der Waals surface area contributed by atoms with Gasteiger partial charge in [0.2, 0.25) is 0 Å². The zero-order chi connectivity index (χ0) is 15.2. The molecule has 1 fully saturated rings. The second kappa shape index (κ2) is 7.76. The van der Waals surface area contributed by atoms with Crippen LogP contribution in [-0.2, 0) is 16.1 Å². The minimum atomic E-state index is -0.402. The number of carbonyl (C=O) groups is 1. The van der Waals surface area contributed by atoms with Gasteiger partial charge in [0.05, 0.1) is 17.5 Å². The first-order valence-electron chi connectivity index (χ1n) is 7.44. The van der Waals surface area contributed by atoms with Crippen LogP contribution < -0.4 is 5.32 Å². The van der Waals surface area contributed by atoms with Gasteiger partial charge in [-0.05, 0) is 43.9 Å². The fraction of sp³-hybridized carbons (Fsp3) is 0.562. The fourth-order valence-corrected chi connectivity index (χ4v) is 2.96. The summed E-state index contributed by atoms with van der Waals surface area (Å²) in [5.41, 5.74) is 0.944. The van der Waals surface area contributed by atoms with E-state index in [4.69, 9.17) is 16.3 Å². The summed E-state index contributed by atoms with van der Waals surface area (Å²) >= 11 is 5.77. The van der Waals surface area contributed by atoms with Crippen molar-refractivity contribution in [2.24, 2.45) is 5.92 Å². The first-order valence-corrected chi connectivity index (χ1v) is 7.82. The van der Waals surface area contributed by atoms with Gasteiger partial charge in [-0.3, -0.25) is 4.79 Å². The molecule has 1 aromatic carbocycles. The van der Waals surface area contributed by atoms with Gasteiger partial charge in [0.15, 0.2) is 0 Å². The summed E-state index contributed by atoms with van der Waals surface area (Å²) in [7, 11) is 0. The van der Waals surface area contributed by atoms with Gasteiger partial charge in [-0.25, -0.2) is 4.39 Å². The molecule has 2 atom stereocenters. The Morgan fingerprint density at radius 3 is 3.00 bits per heavy atom. The fourth-order valence-electron chi connectivity index (χ4n) is 2.76. The number of benzene rings is 1. The minimum Gasteiger partial charge on any atom is -0.466 e. The predicted molar refractivity (Wildman–Crippen MR) is 80.6 cm³/mol. The highest BCUT2D eigenvalue weighted by Crippen LogP contribution is 2.26. The van der Waals surface area contributed by atoms with Crippen molar-refractivity contribution < 1.29 is 13.9 Å². The number of halogens is 2. The van der Waals surface area contributed by atoms with Crippen molar-refractivity contribution in [3.8, 4) is 0 Å². The van der Waals surface area contributed by atoms with E-state index < -0.39 is 5.82 Å². The summed E-state index contributed by atoms with van der Waals surface area (Å²) in [6.07, 6.45) is 3.77. The lowest BCUT2D eigenvalue weighted by molar-refractivity contribution is -0.149. The quantitative estimate of drug-likeness (QED) is 0.843. The second-order valence-corrected chi connectivity index (χ2v) is 5.85. The van der Waals surface area contributed by atoms with E-state index in [0.29, 0.717) is 13.2 Å². The molecule has 0 amide bonds. The lowest BCUT2D eigenvalue weighted by Crippen LogP contribution is -2.36. The second-order valence-electron chi connectivity index (χ2n) is 5.44. The van der Waals surface area contributed by atoms with Gasteiger partial charge in [0.1, 0.15) is 5.82 Å². The molecule has 0 saturated heterocycles. The molecular weight excluding hydrogens is 293 g/mol. The van der Waals surface area contributed by atoms with E-state index in [9.17, 15) is 9.18 Å². The van der Waals surface area contributed by atoms with E-state index in [-0.39, 0.29) is 23.0 Å². The zero-order valence-electron chi connectivity index (χ0n) is 12.2. The third kappa shape index (κ3) is 4.68. The van der Waals surface area contributed by atoms with E-state index in [1.54, 1.807) is 12.1 Å². The van der Waals surface area contributed by atoms with E-state index >= 15 is 0 Å². The largest absolute Gasteiger partial charge is 0.466 e. The standard InChI is InChI=1S/C16H21ClFNO2/c1-2-21-16(20)12-4-3-5-13(9-12)19-10-11-6-7-15(18)14(17)8-11/h6-8,12-13,19H,2-5,9-10H2,1H3. The molecule has 1 aliphatic rings. The molecule has 0 radical (unpaired) electrons. The highest BCUT2D eigenvalue weighted by molar-refractivity contribution is 6.30. The molecule has 2 rings (SSSR count). The van der Waals surface area contributed by atoms with Crippen molar-refractivity contribution in [2.75, 3.05) is 6.61 Å². The van der Waals surface area contributed by atoms with Gasteiger partial charge in [0, 0.05) is 12.6 Å². The van der Waals surface area contributed by atoms with Crippen LogP contribution in [0.3, 0.4) is 0 Å². The Morgan fingerprint density at radius 1 is 1.48 bits per heavy atom. The van der Waals surface area contributed by atoms with Crippen molar-refractivity contribution in [2.45, 2.75) is 45.2 Å². The van der Waals surface area contributed by atoms with Crippen LogP contribution in [0.5, 0.6) is 0 Å². The number of esters is 1.